The van der Waals surface area contributed by atoms with E-state index >= 15 is 0 Å². The minimum atomic E-state index is -0.0176. The maximum Gasteiger partial charge on any atom is 0.179 e. The normalized spacial score (nSPS) is 12.0. The summed E-state index contributed by atoms with van der Waals surface area (Å²) in [5.74, 6) is 1.16. The number of hydrogen-bond acceptors (Lipinski definition) is 4. The van der Waals surface area contributed by atoms with Crippen LogP contribution in [0.4, 0.5) is 0 Å². The smallest absolute Gasteiger partial charge is 0.179 e. The van der Waals surface area contributed by atoms with Crippen molar-refractivity contribution >= 4 is 11.6 Å². The van der Waals surface area contributed by atoms with E-state index in [-0.39, 0.29) is 6.04 Å². The fourth-order valence-corrected chi connectivity index (χ4v) is 2.68. The maximum atomic E-state index is 6.29. The van der Waals surface area contributed by atoms with E-state index in [2.05, 4.69) is 17.2 Å². The number of hydrogen-bond donors (Lipinski definition) is 1. The van der Waals surface area contributed by atoms with E-state index < -0.39 is 0 Å². The second kappa shape index (κ2) is 6.78. The van der Waals surface area contributed by atoms with Gasteiger partial charge in [-0.3, -0.25) is 4.98 Å². The molecular weight excluding hydrogens is 288 g/mol. The summed E-state index contributed by atoms with van der Waals surface area (Å²) in [7, 11) is 5.08. The number of ether oxygens (including phenoxy) is 2. The molecule has 1 aromatic heterocycles. The number of nitrogens with zero attached hydrogens (tertiary/aromatic N) is 1. The van der Waals surface area contributed by atoms with Crippen LogP contribution < -0.4 is 14.8 Å². The first-order chi connectivity index (χ1) is 10.1. The minimum Gasteiger partial charge on any atom is -0.493 e. The van der Waals surface area contributed by atoms with Crippen LogP contribution in [0.2, 0.25) is 5.02 Å². The van der Waals surface area contributed by atoms with Crippen LogP contribution in [0.5, 0.6) is 11.5 Å². The second-order valence-electron chi connectivity index (χ2n) is 4.69. The van der Waals surface area contributed by atoms with E-state index in [9.17, 15) is 0 Å². The molecule has 1 atom stereocenters. The Bertz CT molecular complexity index is 632. The first-order valence-electron chi connectivity index (χ1n) is 6.61. The summed E-state index contributed by atoms with van der Waals surface area (Å²) in [6, 6.07) is 5.78. The van der Waals surface area contributed by atoms with Gasteiger partial charge in [0.25, 0.3) is 0 Å². The summed E-state index contributed by atoms with van der Waals surface area (Å²) in [6.45, 7) is 2.06. The van der Waals surface area contributed by atoms with Gasteiger partial charge in [-0.2, -0.15) is 0 Å². The third-order valence-corrected chi connectivity index (χ3v) is 3.75. The summed E-state index contributed by atoms with van der Waals surface area (Å²) in [6.07, 6.45) is 3.65. The highest BCUT2D eigenvalue weighted by Gasteiger charge is 2.19. The Balaban J connectivity index is 2.53. The zero-order chi connectivity index (χ0) is 15.4. The van der Waals surface area contributed by atoms with E-state index in [1.54, 1.807) is 20.4 Å². The Hall–Kier alpha value is -1.78. The van der Waals surface area contributed by atoms with Crippen LogP contribution in [-0.2, 0) is 0 Å². The molecule has 0 spiro atoms. The Morgan fingerprint density at radius 2 is 2.00 bits per heavy atom. The Kier molecular flexibility index (Phi) is 5.04. The predicted octanol–water partition coefficient (Wildman–Crippen LogP) is 3.37. The molecule has 5 heteroatoms. The van der Waals surface area contributed by atoms with Crippen molar-refractivity contribution in [1.82, 2.24) is 10.3 Å². The van der Waals surface area contributed by atoms with Gasteiger partial charge in [0.1, 0.15) is 0 Å². The number of methoxy groups -OCH3 is 2. The molecule has 1 heterocycles. The van der Waals surface area contributed by atoms with E-state index in [4.69, 9.17) is 21.1 Å². The third kappa shape index (κ3) is 3.12. The lowest BCUT2D eigenvalue weighted by Crippen LogP contribution is -2.19. The summed E-state index contributed by atoms with van der Waals surface area (Å²) < 4.78 is 10.6. The lowest BCUT2D eigenvalue weighted by Gasteiger charge is -2.21. The van der Waals surface area contributed by atoms with Gasteiger partial charge in [0.2, 0.25) is 0 Å². The van der Waals surface area contributed by atoms with Gasteiger partial charge in [0.05, 0.1) is 25.3 Å². The summed E-state index contributed by atoms with van der Waals surface area (Å²) in [4.78, 5) is 4.21. The minimum absolute atomic E-state index is 0.0176. The third-order valence-electron chi connectivity index (χ3n) is 3.47. The first kappa shape index (κ1) is 15.6. The van der Waals surface area contributed by atoms with Gasteiger partial charge in [0, 0.05) is 12.4 Å². The van der Waals surface area contributed by atoms with Crippen molar-refractivity contribution in [3.05, 3.63) is 52.3 Å². The van der Waals surface area contributed by atoms with Crippen molar-refractivity contribution in [3.8, 4) is 11.5 Å². The lowest BCUT2D eigenvalue weighted by molar-refractivity contribution is 0.354. The molecule has 0 aliphatic carbocycles. The summed E-state index contributed by atoms with van der Waals surface area (Å²) >= 11 is 6.29. The average Bonchev–Trinajstić information content (AvgIpc) is 2.49. The van der Waals surface area contributed by atoms with Crippen molar-refractivity contribution in [2.45, 2.75) is 13.0 Å². The molecule has 21 heavy (non-hydrogen) atoms. The molecule has 0 saturated heterocycles. The molecule has 0 amide bonds. The molecule has 2 rings (SSSR count). The van der Waals surface area contributed by atoms with Gasteiger partial charge in [-0.05, 0) is 48.9 Å². The number of aryl methyl sites for hydroxylation is 1. The number of benzene rings is 1. The molecule has 1 unspecified atom stereocenters. The van der Waals surface area contributed by atoms with E-state index in [1.165, 1.54) is 0 Å². The molecule has 0 radical (unpaired) electrons. The summed E-state index contributed by atoms with van der Waals surface area (Å²) in [5, 5.41) is 3.82. The molecule has 0 saturated carbocycles. The predicted molar refractivity (Wildman–Crippen MR) is 84.4 cm³/mol. The van der Waals surface area contributed by atoms with Crippen LogP contribution in [0.15, 0.2) is 30.6 Å². The van der Waals surface area contributed by atoms with Crippen LogP contribution in [0.25, 0.3) is 0 Å². The number of pyridine rings is 1. The largest absolute Gasteiger partial charge is 0.493 e. The molecule has 4 nitrogen and oxygen atoms in total. The zero-order valence-corrected chi connectivity index (χ0v) is 13.4. The van der Waals surface area contributed by atoms with E-state index in [1.807, 2.05) is 31.4 Å². The van der Waals surface area contributed by atoms with Crippen molar-refractivity contribution in [1.29, 1.82) is 0 Å². The molecule has 0 fully saturated rings. The van der Waals surface area contributed by atoms with Crippen LogP contribution in [0.3, 0.4) is 0 Å². The standard InChI is InChI=1S/C16H19ClN2O2/c1-10-5-6-19-9-12(10)15(18-2)11-7-13(17)16(21-4)14(8-11)20-3/h5-9,15,18H,1-4H3. The van der Waals surface area contributed by atoms with Crippen molar-refractivity contribution in [2.75, 3.05) is 21.3 Å². The molecule has 0 bridgehead atoms. The maximum absolute atomic E-state index is 6.29. The topological polar surface area (TPSA) is 43.4 Å². The van der Waals surface area contributed by atoms with Crippen LogP contribution >= 0.6 is 11.6 Å². The number of rotatable bonds is 5. The molecule has 0 aliphatic heterocycles. The van der Waals surface area contributed by atoms with Gasteiger partial charge in [-0.1, -0.05) is 11.6 Å². The van der Waals surface area contributed by atoms with Gasteiger partial charge in [-0.15, -0.1) is 0 Å². The Morgan fingerprint density at radius 1 is 1.24 bits per heavy atom. The Morgan fingerprint density at radius 3 is 2.57 bits per heavy atom. The number of nitrogens with one attached hydrogen (secondary N) is 1. The van der Waals surface area contributed by atoms with Crippen LogP contribution in [0.1, 0.15) is 22.7 Å². The van der Waals surface area contributed by atoms with Crippen molar-refractivity contribution in [2.24, 2.45) is 0 Å². The Labute approximate surface area is 130 Å². The van der Waals surface area contributed by atoms with Gasteiger partial charge >= 0.3 is 0 Å². The van der Waals surface area contributed by atoms with Crippen LogP contribution in [0, 0.1) is 6.92 Å². The van der Waals surface area contributed by atoms with Gasteiger partial charge in [0.15, 0.2) is 11.5 Å². The fourth-order valence-electron chi connectivity index (χ4n) is 2.38. The molecular formula is C16H19ClN2O2. The second-order valence-corrected chi connectivity index (χ2v) is 5.10. The lowest BCUT2D eigenvalue weighted by atomic mass is 9.96. The highest BCUT2D eigenvalue weighted by molar-refractivity contribution is 6.32. The summed E-state index contributed by atoms with van der Waals surface area (Å²) in [5.41, 5.74) is 3.26. The van der Waals surface area contributed by atoms with Crippen LogP contribution in [-0.4, -0.2) is 26.3 Å². The molecule has 112 valence electrons. The van der Waals surface area contributed by atoms with Crippen molar-refractivity contribution in [3.63, 3.8) is 0 Å². The fraction of sp³-hybridized carbons (Fsp3) is 0.312. The van der Waals surface area contributed by atoms with Crippen molar-refractivity contribution < 1.29 is 9.47 Å². The highest BCUT2D eigenvalue weighted by Crippen LogP contribution is 2.39. The molecule has 1 N–H and O–H groups in total. The van der Waals surface area contributed by atoms with Gasteiger partial charge < -0.3 is 14.8 Å². The SMILES string of the molecule is CNC(c1cc(Cl)c(OC)c(OC)c1)c1cnccc1C. The zero-order valence-electron chi connectivity index (χ0n) is 12.6. The first-order valence-corrected chi connectivity index (χ1v) is 6.99. The van der Waals surface area contributed by atoms with E-state index in [0.29, 0.717) is 16.5 Å². The monoisotopic (exact) mass is 306 g/mol. The quantitative estimate of drug-likeness (QED) is 0.920. The number of halogens is 1. The number of aromatic nitrogens is 1. The molecule has 2 aromatic rings. The average molecular weight is 307 g/mol. The molecule has 1 aromatic carbocycles. The van der Waals surface area contributed by atoms with E-state index in [0.717, 1.165) is 16.7 Å². The van der Waals surface area contributed by atoms with Gasteiger partial charge in [-0.25, -0.2) is 0 Å². The molecule has 0 aliphatic rings. The highest BCUT2D eigenvalue weighted by atomic mass is 35.5.